The van der Waals surface area contributed by atoms with Crippen molar-refractivity contribution in [2.75, 3.05) is 0 Å². The van der Waals surface area contributed by atoms with Crippen molar-refractivity contribution < 1.29 is 5.11 Å². The molecule has 2 aromatic heterocycles. The third-order valence-corrected chi connectivity index (χ3v) is 5.44. The van der Waals surface area contributed by atoms with Gasteiger partial charge in [-0.1, -0.05) is 73.5 Å². The lowest BCUT2D eigenvalue weighted by atomic mass is 9.98. The maximum Gasteiger partial charge on any atom is 0.180 e. The lowest BCUT2D eigenvalue weighted by Crippen LogP contribution is -2.09. The number of nitrogens with one attached hydrogen (secondary N) is 1. The van der Waals surface area contributed by atoms with Gasteiger partial charge in [0.25, 0.3) is 0 Å². The van der Waals surface area contributed by atoms with Crippen LogP contribution in [0.15, 0.2) is 48.5 Å². The fourth-order valence-corrected chi connectivity index (χ4v) is 3.81. The van der Waals surface area contributed by atoms with Crippen LogP contribution in [0.1, 0.15) is 36.8 Å². The summed E-state index contributed by atoms with van der Waals surface area (Å²) in [6.07, 6.45) is 2.95. The zero-order valence-corrected chi connectivity index (χ0v) is 18.7. The molecule has 0 spiro atoms. The first-order valence-corrected chi connectivity index (χ1v) is 10.4. The summed E-state index contributed by atoms with van der Waals surface area (Å²) in [6, 6.07) is 16.3. The molecule has 9 heteroatoms. The smallest absolute Gasteiger partial charge is 0.180 e. The highest BCUT2D eigenvalue weighted by Gasteiger charge is 2.15. The fraction of sp³-hybridized carbons (Fsp3) is 0.273. The van der Waals surface area contributed by atoms with Crippen molar-refractivity contribution in [1.29, 1.82) is 0 Å². The van der Waals surface area contributed by atoms with Crippen LogP contribution in [0.2, 0.25) is 5.15 Å². The number of halogens is 2. The van der Waals surface area contributed by atoms with E-state index in [0.717, 1.165) is 47.3 Å². The number of tetrazole rings is 1. The lowest BCUT2D eigenvalue weighted by molar-refractivity contribution is 0.271. The molecule has 4 rings (SSSR count). The van der Waals surface area contributed by atoms with Gasteiger partial charge >= 0.3 is 0 Å². The normalized spacial score (nSPS) is 10.8. The molecule has 0 saturated heterocycles. The average molecular weight is 459 g/mol. The maximum atomic E-state index is 9.77. The number of unbranched alkanes of at least 4 members (excludes halogenated alkanes) is 1. The summed E-state index contributed by atoms with van der Waals surface area (Å²) >= 11 is 6.26. The number of hydrogen-bond donors (Lipinski definition) is 2. The molecule has 0 aliphatic rings. The first-order valence-electron chi connectivity index (χ1n) is 9.98. The first kappa shape index (κ1) is 22.9. The molecule has 2 heterocycles. The molecule has 0 aliphatic heterocycles. The van der Waals surface area contributed by atoms with Crippen molar-refractivity contribution in [2.45, 2.75) is 39.3 Å². The van der Waals surface area contributed by atoms with Gasteiger partial charge in [-0.15, -0.1) is 17.5 Å². The number of aliphatic hydroxyl groups is 1. The number of aromatic nitrogens is 6. The minimum Gasteiger partial charge on any atom is -0.390 e. The highest BCUT2D eigenvalue weighted by Crippen LogP contribution is 2.30. The summed E-state index contributed by atoms with van der Waals surface area (Å²) in [5, 5.41) is 24.4. The second kappa shape index (κ2) is 10.5. The summed E-state index contributed by atoms with van der Waals surface area (Å²) in [6.45, 7) is 2.63. The van der Waals surface area contributed by atoms with Crippen molar-refractivity contribution in [1.82, 2.24) is 30.2 Å². The monoisotopic (exact) mass is 458 g/mol. The number of H-pyrrole nitrogens is 1. The van der Waals surface area contributed by atoms with Crippen molar-refractivity contribution in [2.24, 2.45) is 0 Å². The van der Waals surface area contributed by atoms with Gasteiger partial charge in [0.15, 0.2) is 11.0 Å². The summed E-state index contributed by atoms with van der Waals surface area (Å²) in [5.41, 5.74) is 4.84. The van der Waals surface area contributed by atoms with Gasteiger partial charge in [-0.05, 0) is 33.5 Å². The highest BCUT2D eigenvalue weighted by molar-refractivity contribution is 6.30. The van der Waals surface area contributed by atoms with Crippen LogP contribution in [0.3, 0.4) is 0 Å². The molecule has 0 bridgehead atoms. The van der Waals surface area contributed by atoms with Gasteiger partial charge in [0.1, 0.15) is 5.82 Å². The molecule has 0 radical (unpaired) electrons. The van der Waals surface area contributed by atoms with E-state index in [4.69, 9.17) is 11.6 Å². The largest absolute Gasteiger partial charge is 0.390 e. The van der Waals surface area contributed by atoms with Gasteiger partial charge in [-0.25, -0.2) is 10.1 Å². The number of hydrogen-bond acceptors (Lipinski definition) is 5. The van der Waals surface area contributed by atoms with Crippen LogP contribution < -0.4 is 0 Å². The van der Waals surface area contributed by atoms with Gasteiger partial charge < -0.3 is 9.67 Å². The van der Waals surface area contributed by atoms with Crippen LogP contribution in [0.25, 0.3) is 22.5 Å². The number of imidazole rings is 1. The minimum atomic E-state index is -0.130. The van der Waals surface area contributed by atoms with E-state index in [-0.39, 0.29) is 19.0 Å². The number of aliphatic hydroxyl groups excluding tert-OH is 1. The standard InChI is InChI=1S/C22H23ClN6O.ClH/c1-2-3-8-20-24-21(23)19(14-30)29(20)13-15-9-11-16(12-10-15)17-6-4-5-7-18(17)22-25-27-28-26-22;/h4-7,9-12,30H,2-3,8,13-14H2,1H3,(H,25,26,27,28);1H. The number of aryl methyl sites for hydroxylation is 1. The van der Waals surface area contributed by atoms with Crippen LogP contribution >= 0.6 is 24.0 Å². The zero-order chi connectivity index (χ0) is 20.9. The molecular formula is C22H24Cl2N6O. The maximum absolute atomic E-state index is 9.77. The Bertz CT molecular complexity index is 1110. The van der Waals surface area contributed by atoms with Crippen molar-refractivity contribution in [3.8, 4) is 22.5 Å². The zero-order valence-electron chi connectivity index (χ0n) is 17.1. The van der Waals surface area contributed by atoms with Gasteiger partial charge in [0.2, 0.25) is 0 Å². The third kappa shape index (κ3) is 4.95. The Morgan fingerprint density at radius 1 is 1.06 bits per heavy atom. The molecule has 2 N–H and O–H groups in total. The van der Waals surface area contributed by atoms with Crippen LogP contribution in [0.5, 0.6) is 0 Å². The van der Waals surface area contributed by atoms with E-state index >= 15 is 0 Å². The molecular weight excluding hydrogens is 435 g/mol. The van der Waals surface area contributed by atoms with Gasteiger partial charge in [0.05, 0.1) is 12.3 Å². The summed E-state index contributed by atoms with van der Waals surface area (Å²) in [7, 11) is 0. The van der Waals surface area contributed by atoms with Gasteiger partial charge in [0, 0.05) is 18.5 Å². The Balaban J connectivity index is 0.00000272. The number of rotatable bonds is 8. The number of benzene rings is 2. The quantitative estimate of drug-likeness (QED) is 0.399. The predicted octanol–water partition coefficient (Wildman–Crippen LogP) is 4.69. The van der Waals surface area contributed by atoms with Crippen molar-refractivity contribution in [3.05, 3.63) is 70.8 Å². The van der Waals surface area contributed by atoms with Crippen LogP contribution in [0.4, 0.5) is 0 Å². The SMILES string of the molecule is CCCCc1nc(Cl)c(CO)n1Cc1ccc(-c2ccccc2-c2nnn[nH]2)cc1.Cl. The van der Waals surface area contributed by atoms with Crippen molar-refractivity contribution in [3.63, 3.8) is 0 Å². The van der Waals surface area contributed by atoms with Gasteiger partial charge in [-0.2, -0.15) is 0 Å². The molecule has 0 fully saturated rings. The molecule has 162 valence electrons. The van der Waals surface area contributed by atoms with Gasteiger partial charge in [-0.3, -0.25) is 0 Å². The number of aromatic amines is 1. The Morgan fingerprint density at radius 2 is 1.81 bits per heavy atom. The van der Waals surface area contributed by atoms with Crippen LogP contribution in [-0.2, 0) is 19.6 Å². The molecule has 0 saturated carbocycles. The summed E-state index contributed by atoms with van der Waals surface area (Å²) in [5.74, 6) is 1.55. The van der Waals surface area contributed by atoms with E-state index in [1.54, 1.807) is 0 Å². The molecule has 0 amide bonds. The molecule has 4 aromatic rings. The first-order chi connectivity index (χ1) is 14.7. The van der Waals surface area contributed by atoms with E-state index in [2.05, 4.69) is 62.9 Å². The molecule has 0 atom stereocenters. The van der Waals surface area contributed by atoms with E-state index in [1.807, 2.05) is 22.8 Å². The fourth-order valence-electron chi connectivity index (χ4n) is 3.56. The van der Waals surface area contributed by atoms with Crippen LogP contribution in [-0.4, -0.2) is 35.3 Å². The Kier molecular flexibility index (Phi) is 7.79. The second-order valence-corrected chi connectivity index (χ2v) is 7.46. The molecule has 31 heavy (non-hydrogen) atoms. The van der Waals surface area contributed by atoms with Crippen LogP contribution in [0, 0.1) is 0 Å². The Labute approximate surface area is 191 Å². The highest BCUT2D eigenvalue weighted by atomic mass is 35.5. The summed E-state index contributed by atoms with van der Waals surface area (Å²) in [4.78, 5) is 4.47. The minimum absolute atomic E-state index is 0. The Morgan fingerprint density at radius 3 is 2.45 bits per heavy atom. The van der Waals surface area contributed by atoms with Crippen molar-refractivity contribution >= 4 is 24.0 Å². The molecule has 7 nitrogen and oxygen atoms in total. The van der Waals surface area contributed by atoms with E-state index in [9.17, 15) is 5.11 Å². The van der Waals surface area contributed by atoms with E-state index in [1.165, 1.54) is 0 Å². The second-order valence-electron chi connectivity index (χ2n) is 7.11. The third-order valence-electron chi connectivity index (χ3n) is 5.14. The predicted molar refractivity (Wildman–Crippen MR) is 123 cm³/mol. The Hall–Kier alpha value is -2.74. The average Bonchev–Trinajstić information content (AvgIpc) is 3.41. The molecule has 0 unspecified atom stereocenters. The van der Waals surface area contributed by atoms with E-state index in [0.29, 0.717) is 23.2 Å². The topological polar surface area (TPSA) is 92.5 Å². The van der Waals surface area contributed by atoms with E-state index < -0.39 is 0 Å². The molecule has 2 aromatic carbocycles. The summed E-state index contributed by atoms with van der Waals surface area (Å²) < 4.78 is 2.03. The lowest BCUT2D eigenvalue weighted by Gasteiger charge is -2.12. The molecule has 0 aliphatic carbocycles. The number of nitrogens with zero attached hydrogens (tertiary/aromatic N) is 5.